The van der Waals surface area contributed by atoms with Crippen LogP contribution in [0.2, 0.25) is 0 Å². The van der Waals surface area contributed by atoms with E-state index in [9.17, 15) is 4.79 Å². The maximum Gasteiger partial charge on any atom is 0.407 e. The van der Waals surface area contributed by atoms with E-state index in [1.54, 1.807) is 0 Å². The number of hydrogen-bond donors (Lipinski definition) is 2. The Morgan fingerprint density at radius 2 is 1.66 bits per heavy atom. The molecule has 146 valence electrons. The lowest BCUT2D eigenvalue weighted by atomic mass is 9.98. The number of hydrogen-bond acceptors (Lipinski definition) is 3. The molecule has 1 amide bonds. The molecule has 0 unspecified atom stereocenters. The molecular formula is C25H24N2O2. The molecule has 0 heterocycles. The average Bonchev–Trinajstić information content (AvgIpc) is 3.06. The predicted octanol–water partition coefficient (Wildman–Crippen LogP) is 5.21. The van der Waals surface area contributed by atoms with E-state index in [0.717, 1.165) is 17.7 Å². The molecule has 0 spiro atoms. The highest BCUT2D eigenvalue weighted by Crippen LogP contribution is 2.44. The first-order valence-corrected chi connectivity index (χ1v) is 9.83. The molecule has 0 bridgehead atoms. The Morgan fingerprint density at radius 1 is 0.966 bits per heavy atom. The van der Waals surface area contributed by atoms with E-state index in [4.69, 9.17) is 10.5 Å². The highest BCUT2D eigenvalue weighted by Gasteiger charge is 2.28. The van der Waals surface area contributed by atoms with Gasteiger partial charge >= 0.3 is 6.09 Å². The summed E-state index contributed by atoms with van der Waals surface area (Å²) in [6, 6.07) is 24.3. The number of anilines is 1. The van der Waals surface area contributed by atoms with Crippen LogP contribution >= 0.6 is 0 Å². The first kappa shape index (κ1) is 18.8. The second-order valence-corrected chi connectivity index (χ2v) is 7.11. The number of amides is 1. The smallest absolute Gasteiger partial charge is 0.407 e. The summed E-state index contributed by atoms with van der Waals surface area (Å²) in [5.74, 6) is 0.0802. The summed E-state index contributed by atoms with van der Waals surface area (Å²) in [5, 5.41) is 2.82. The van der Waals surface area contributed by atoms with Crippen LogP contribution in [0, 0.1) is 0 Å². The van der Waals surface area contributed by atoms with Crippen molar-refractivity contribution in [1.29, 1.82) is 0 Å². The van der Waals surface area contributed by atoms with Crippen molar-refractivity contribution >= 4 is 17.9 Å². The van der Waals surface area contributed by atoms with Gasteiger partial charge < -0.3 is 15.8 Å². The van der Waals surface area contributed by atoms with Crippen LogP contribution in [0.15, 0.2) is 78.9 Å². The van der Waals surface area contributed by atoms with Gasteiger partial charge in [0, 0.05) is 18.2 Å². The highest BCUT2D eigenvalue weighted by molar-refractivity contribution is 5.79. The van der Waals surface area contributed by atoms with Gasteiger partial charge in [0.25, 0.3) is 0 Å². The Labute approximate surface area is 171 Å². The number of nitrogen functional groups attached to an aromatic ring is 1. The van der Waals surface area contributed by atoms with Crippen LogP contribution < -0.4 is 11.1 Å². The molecule has 1 aliphatic rings. The van der Waals surface area contributed by atoms with Gasteiger partial charge in [-0.25, -0.2) is 4.79 Å². The van der Waals surface area contributed by atoms with Crippen molar-refractivity contribution in [2.45, 2.75) is 12.3 Å². The topological polar surface area (TPSA) is 64.3 Å². The minimum atomic E-state index is -0.385. The van der Waals surface area contributed by atoms with E-state index in [2.05, 4.69) is 29.6 Å². The number of carbonyl (C=O) groups is 1. The van der Waals surface area contributed by atoms with Crippen molar-refractivity contribution < 1.29 is 9.53 Å². The molecule has 0 radical (unpaired) electrons. The van der Waals surface area contributed by atoms with Crippen molar-refractivity contribution in [1.82, 2.24) is 5.32 Å². The fourth-order valence-electron chi connectivity index (χ4n) is 3.79. The van der Waals surface area contributed by atoms with Gasteiger partial charge in [0.15, 0.2) is 0 Å². The third kappa shape index (κ3) is 4.32. The number of alkyl carbamates (subject to hydrolysis) is 1. The van der Waals surface area contributed by atoms with Crippen LogP contribution in [0.5, 0.6) is 0 Å². The Morgan fingerprint density at radius 3 is 2.34 bits per heavy atom. The normalized spacial score (nSPS) is 12.6. The molecule has 3 aromatic carbocycles. The summed E-state index contributed by atoms with van der Waals surface area (Å²) in [7, 11) is 0. The number of ether oxygens (including phenoxy) is 1. The minimum Gasteiger partial charge on any atom is -0.449 e. The Kier molecular flexibility index (Phi) is 5.61. The quantitative estimate of drug-likeness (QED) is 0.453. The molecular weight excluding hydrogens is 360 g/mol. The molecule has 3 N–H and O–H groups in total. The van der Waals surface area contributed by atoms with Crippen LogP contribution in [0.3, 0.4) is 0 Å². The van der Waals surface area contributed by atoms with Gasteiger partial charge in [0.05, 0.1) is 0 Å². The maximum absolute atomic E-state index is 12.1. The largest absolute Gasteiger partial charge is 0.449 e. The Bertz CT molecular complexity index is 997. The Balaban J connectivity index is 1.28. The summed E-state index contributed by atoms with van der Waals surface area (Å²) in [6.45, 7) is 0.856. The lowest BCUT2D eigenvalue weighted by Crippen LogP contribution is -2.26. The lowest BCUT2D eigenvalue weighted by molar-refractivity contribution is 0.143. The summed E-state index contributed by atoms with van der Waals surface area (Å²) in [6.07, 6.45) is 4.34. The molecule has 1 aliphatic carbocycles. The molecule has 0 saturated carbocycles. The van der Waals surface area contributed by atoms with Crippen LogP contribution in [-0.2, 0) is 4.74 Å². The number of benzene rings is 3. The van der Waals surface area contributed by atoms with Gasteiger partial charge in [-0.3, -0.25) is 0 Å². The maximum atomic E-state index is 12.1. The average molecular weight is 384 g/mol. The molecule has 4 nitrogen and oxygen atoms in total. The van der Waals surface area contributed by atoms with Crippen LogP contribution in [0.1, 0.15) is 29.0 Å². The van der Waals surface area contributed by atoms with Gasteiger partial charge in [-0.1, -0.05) is 72.8 Å². The lowest BCUT2D eigenvalue weighted by Gasteiger charge is -2.14. The van der Waals surface area contributed by atoms with Crippen molar-refractivity contribution in [2.75, 3.05) is 18.9 Å². The zero-order chi connectivity index (χ0) is 20.1. The standard InChI is InChI=1S/C25H24N2O2/c26-19-10-7-9-18(16-19)8-5-6-15-27-25(28)29-17-24-22-13-3-1-11-20(22)21-12-2-4-14-23(21)24/h1-5,7-14,16,24H,6,15,17,26H2,(H,27,28). The molecule has 3 aromatic rings. The molecule has 0 aliphatic heterocycles. The zero-order valence-corrected chi connectivity index (χ0v) is 16.2. The number of fused-ring (bicyclic) bond motifs is 3. The monoisotopic (exact) mass is 384 g/mol. The Hall–Kier alpha value is -3.53. The number of nitrogens with two attached hydrogens (primary N) is 1. The first-order chi connectivity index (χ1) is 14.2. The third-order valence-electron chi connectivity index (χ3n) is 5.15. The molecule has 0 aromatic heterocycles. The zero-order valence-electron chi connectivity index (χ0n) is 16.2. The van der Waals surface area contributed by atoms with Crippen molar-refractivity contribution in [3.8, 4) is 11.1 Å². The fourth-order valence-corrected chi connectivity index (χ4v) is 3.79. The number of nitrogens with one attached hydrogen (secondary N) is 1. The second-order valence-electron chi connectivity index (χ2n) is 7.11. The van der Waals surface area contributed by atoms with Crippen LogP contribution in [0.25, 0.3) is 17.2 Å². The van der Waals surface area contributed by atoms with E-state index < -0.39 is 0 Å². The van der Waals surface area contributed by atoms with Gasteiger partial charge in [0.2, 0.25) is 0 Å². The molecule has 4 rings (SSSR count). The van der Waals surface area contributed by atoms with Gasteiger partial charge in [-0.05, 0) is 46.4 Å². The van der Waals surface area contributed by atoms with Crippen molar-refractivity contribution in [3.63, 3.8) is 0 Å². The van der Waals surface area contributed by atoms with E-state index in [1.807, 2.05) is 60.7 Å². The van der Waals surface area contributed by atoms with Crippen LogP contribution in [0.4, 0.5) is 10.5 Å². The van der Waals surface area contributed by atoms with E-state index in [-0.39, 0.29) is 12.0 Å². The van der Waals surface area contributed by atoms with Crippen LogP contribution in [-0.4, -0.2) is 19.2 Å². The summed E-state index contributed by atoms with van der Waals surface area (Å²) in [4.78, 5) is 12.1. The third-order valence-corrected chi connectivity index (χ3v) is 5.15. The van der Waals surface area contributed by atoms with Gasteiger partial charge in [-0.15, -0.1) is 0 Å². The second kappa shape index (κ2) is 8.65. The molecule has 0 saturated heterocycles. The summed E-state index contributed by atoms with van der Waals surface area (Å²) < 4.78 is 5.53. The minimum absolute atomic E-state index is 0.0802. The van der Waals surface area contributed by atoms with E-state index in [1.165, 1.54) is 22.3 Å². The SMILES string of the molecule is Nc1cccc(C=CCCNC(=O)OCC2c3ccccc3-c3ccccc32)c1. The first-order valence-electron chi connectivity index (χ1n) is 9.83. The summed E-state index contributed by atoms with van der Waals surface area (Å²) >= 11 is 0. The van der Waals surface area contributed by atoms with E-state index in [0.29, 0.717) is 13.2 Å². The molecule has 0 atom stereocenters. The molecule has 4 heteroatoms. The van der Waals surface area contributed by atoms with Crippen molar-refractivity contribution in [2.24, 2.45) is 0 Å². The van der Waals surface area contributed by atoms with Crippen molar-refractivity contribution in [3.05, 3.63) is 95.6 Å². The predicted molar refractivity (Wildman–Crippen MR) is 118 cm³/mol. The van der Waals surface area contributed by atoms with E-state index >= 15 is 0 Å². The number of rotatable bonds is 6. The van der Waals surface area contributed by atoms with Gasteiger partial charge in [-0.2, -0.15) is 0 Å². The molecule has 29 heavy (non-hydrogen) atoms. The number of carbonyl (C=O) groups excluding carboxylic acids is 1. The highest BCUT2D eigenvalue weighted by atomic mass is 16.5. The summed E-state index contributed by atoms with van der Waals surface area (Å²) in [5.41, 5.74) is 12.4. The molecule has 0 fully saturated rings. The fraction of sp³-hybridized carbons (Fsp3) is 0.160. The van der Waals surface area contributed by atoms with Gasteiger partial charge in [0.1, 0.15) is 6.61 Å².